The predicted molar refractivity (Wildman–Crippen MR) is 102 cm³/mol. The summed E-state index contributed by atoms with van der Waals surface area (Å²) in [5, 5.41) is 9.36. The molecule has 2 N–H and O–H groups in total. The molecule has 1 atom stereocenters. The molecule has 1 unspecified atom stereocenters. The van der Waals surface area contributed by atoms with Crippen LogP contribution in [-0.4, -0.2) is 34.3 Å². The van der Waals surface area contributed by atoms with Crippen molar-refractivity contribution in [2.45, 2.75) is 25.7 Å². The Hall–Kier alpha value is -3.56. The van der Waals surface area contributed by atoms with Gasteiger partial charge in [-0.1, -0.05) is 12.1 Å². The van der Waals surface area contributed by atoms with Gasteiger partial charge in [0.25, 0.3) is 5.91 Å². The Labute approximate surface area is 170 Å². The highest BCUT2D eigenvalue weighted by atomic mass is 19.4. The number of halogens is 3. The zero-order valence-corrected chi connectivity index (χ0v) is 16.2. The van der Waals surface area contributed by atoms with Crippen LogP contribution >= 0.6 is 0 Å². The van der Waals surface area contributed by atoms with Crippen LogP contribution in [0.15, 0.2) is 48.5 Å². The minimum Gasteiger partial charge on any atom is -0.497 e. The van der Waals surface area contributed by atoms with E-state index < -0.39 is 29.5 Å². The Balaban J connectivity index is 1.59. The summed E-state index contributed by atoms with van der Waals surface area (Å²) in [7, 11) is 1.56. The lowest BCUT2D eigenvalue weighted by atomic mass is 10.2. The predicted octanol–water partition coefficient (Wildman–Crippen LogP) is 3.58. The van der Waals surface area contributed by atoms with Crippen molar-refractivity contribution >= 4 is 5.91 Å². The van der Waals surface area contributed by atoms with Crippen molar-refractivity contribution in [3.63, 3.8) is 0 Å². The van der Waals surface area contributed by atoms with Gasteiger partial charge in [0, 0.05) is 5.56 Å². The summed E-state index contributed by atoms with van der Waals surface area (Å²) in [5.74, 6) is 0.522. The quantitative estimate of drug-likeness (QED) is 0.610. The van der Waals surface area contributed by atoms with Crippen LogP contribution < -0.4 is 14.8 Å². The fourth-order valence-corrected chi connectivity index (χ4v) is 2.61. The molecular formula is C20H19F3N4O3. The second-order valence-corrected chi connectivity index (χ2v) is 6.31. The molecule has 30 heavy (non-hydrogen) atoms. The number of aromatic amines is 1. The van der Waals surface area contributed by atoms with Gasteiger partial charge in [-0.3, -0.25) is 9.89 Å². The molecule has 3 rings (SSSR count). The van der Waals surface area contributed by atoms with Gasteiger partial charge in [0.1, 0.15) is 17.3 Å². The molecule has 0 saturated heterocycles. The largest absolute Gasteiger partial charge is 0.497 e. The number of para-hydroxylation sites is 1. The summed E-state index contributed by atoms with van der Waals surface area (Å²) in [6, 6.07) is 11.8. The number of carbonyl (C=O) groups is 1. The highest BCUT2D eigenvalue weighted by Gasteiger charge is 2.34. The smallest absolute Gasteiger partial charge is 0.419 e. The number of H-pyrrole nitrogens is 1. The zero-order chi connectivity index (χ0) is 21.7. The number of hydrogen-bond acceptors (Lipinski definition) is 5. The molecule has 10 heteroatoms. The second-order valence-electron chi connectivity index (χ2n) is 6.31. The average Bonchev–Trinajstić information content (AvgIpc) is 3.20. The number of benzene rings is 2. The number of carbonyl (C=O) groups excluding carboxylic acids is 1. The topological polar surface area (TPSA) is 89.1 Å². The molecule has 3 aromatic rings. The summed E-state index contributed by atoms with van der Waals surface area (Å²) in [6.07, 6.45) is -5.72. The van der Waals surface area contributed by atoms with Crippen LogP contribution in [0.3, 0.4) is 0 Å². The lowest BCUT2D eigenvalue weighted by molar-refractivity contribution is -0.140. The first kappa shape index (κ1) is 21.2. The van der Waals surface area contributed by atoms with Crippen molar-refractivity contribution in [1.82, 2.24) is 20.5 Å². The molecule has 1 amide bonds. The second kappa shape index (κ2) is 8.85. The Morgan fingerprint density at radius 2 is 1.87 bits per heavy atom. The maximum atomic E-state index is 13.0. The lowest BCUT2D eigenvalue weighted by Crippen LogP contribution is -2.36. The molecule has 0 spiro atoms. The molecule has 2 aromatic carbocycles. The minimum atomic E-state index is -4.58. The fraction of sp³-hybridized carbons (Fsp3) is 0.250. The molecule has 0 aliphatic carbocycles. The maximum Gasteiger partial charge on any atom is 0.419 e. The molecule has 7 nitrogen and oxygen atoms in total. The summed E-state index contributed by atoms with van der Waals surface area (Å²) in [6.45, 7) is 1.38. The van der Waals surface area contributed by atoms with Gasteiger partial charge in [-0.15, -0.1) is 0 Å². The van der Waals surface area contributed by atoms with Crippen LogP contribution in [0.1, 0.15) is 18.3 Å². The van der Waals surface area contributed by atoms with E-state index >= 15 is 0 Å². The Morgan fingerprint density at radius 3 is 2.53 bits per heavy atom. The maximum absolute atomic E-state index is 13.0. The molecule has 0 fully saturated rings. The van der Waals surface area contributed by atoms with Gasteiger partial charge in [-0.25, -0.2) is 4.98 Å². The van der Waals surface area contributed by atoms with Gasteiger partial charge in [0.05, 0.1) is 19.2 Å². The van der Waals surface area contributed by atoms with E-state index in [-0.39, 0.29) is 6.54 Å². The Morgan fingerprint density at radius 1 is 1.17 bits per heavy atom. The number of methoxy groups -OCH3 is 1. The third-order valence-electron chi connectivity index (χ3n) is 4.18. The Bertz CT molecular complexity index is 1000. The number of nitrogens with zero attached hydrogens (tertiary/aromatic N) is 2. The van der Waals surface area contributed by atoms with E-state index in [1.807, 2.05) is 0 Å². The summed E-state index contributed by atoms with van der Waals surface area (Å²) >= 11 is 0. The van der Waals surface area contributed by atoms with Crippen molar-refractivity contribution in [2.75, 3.05) is 7.11 Å². The number of ether oxygens (including phenoxy) is 2. The Kier molecular flexibility index (Phi) is 6.24. The van der Waals surface area contributed by atoms with Crippen molar-refractivity contribution in [1.29, 1.82) is 0 Å². The van der Waals surface area contributed by atoms with E-state index in [0.717, 1.165) is 11.6 Å². The third-order valence-corrected chi connectivity index (χ3v) is 4.18. The number of amides is 1. The minimum absolute atomic E-state index is 0.0105. The van der Waals surface area contributed by atoms with Crippen molar-refractivity contribution < 1.29 is 27.4 Å². The lowest BCUT2D eigenvalue weighted by Gasteiger charge is -2.18. The van der Waals surface area contributed by atoms with Crippen molar-refractivity contribution in [3.05, 3.63) is 59.9 Å². The highest BCUT2D eigenvalue weighted by molar-refractivity contribution is 5.80. The fourth-order valence-electron chi connectivity index (χ4n) is 2.61. The molecule has 1 heterocycles. The number of nitrogens with one attached hydrogen (secondary N) is 2. The van der Waals surface area contributed by atoms with Gasteiger partial charge in [-0.05, 0) is 43.3 Å². The molecular weight excluding hydrogens is 401 g/mol. The number of hydrogen-bond donors (Lipinski definition) is 2. The van der Waals surface area contributed by atoms with E-state index in [2.05, 4.69) is 20.5 Å². The van der Waals surface area contributed by atoms with E-state index in [0.29, 0.717) is 17.4 Å². The summed E-state index contributed by atoms with van der Waals surface area (Å²) < 4.78 is 49.5. The first-order valence-electron chi connectivity index (χ1n) is 8.94. The molecule has 0 aliphatic rings. The molecule has 158 valence electrons. The summed E-state index contributed by atoms with van der Waals surface area (Å²) in [5.41, 5.74) is -0.186. The number of rotatable bonds is 7. The van der Waals surface area contributed by atoms with Crippen LogP contribution in [0.25, 0.3) is 11.4 Å². The molecule has 0 bridgehead atoms. The van der Waals surface area contributed by atoms with Crippen LogP contribution in [0.4, 0.5) is 13.2 Å². The molecule has 1 aromatic heterocycles. The van der Waals surface area contributed by atoms with Crippen molar-refractivity contribution in [3.8, 4) is 22.9 Å². The van der Waals surface area contributed by atoms with E-state index in [9.17, 15) is 18.0 Å². The SMILES string of the molecule is COc1ccc(-c2n[nH]c(CNC(=O)C(C)Oc3ccccc3C(F)(F)F)n2)cc1. The number of alkyl halides is 3. The standard InChI is InChI=1S/C20H19F3N4O3/c1-12(30-16-6-4-3-5-15(16)20(21,22)23)19(28)24-11-17-25-18(27-26-17)13-7-9-14(29-2)10-8-13/h3-10,12H,11H2,1-2H3,(H,24,28)(H,25,26,27). The van der Waals surface area contributed by atoms with E-state index in [1.54, 1.807) is 31.4 Å². The summed E-state index contributed by atoms with van der Waals surface area (Å²) in [4.78, 5) is 16.5. The third kappa shape index (κ3) is 5.07. The monoisotopic (exact) mass is 420 g/mol. The zero-order valence-electron chi connectivity index (χ0n) is 16.2. The van der Waals surface area contributed by atoms with Gasteiger partial charge in [0.15, 0.2) is 11.9 Å². The number of aromatic nitrogens is 3. The first-order valence-corrected chi connectivity index (χ1v) is 8.94. The highest BCUT2D eigenvalue weighted by Crippen LogP contribution is 2.36. The van der Waals surface area contributed by atoms with Crippen LogP contribution in [0.5, 0.6) is 11.5 Å². The normalized spacial score (nSPS) is 12.3. The first-order chi connectivity index (χ1) is 14.3. The van der Waals surface area contributed by atoms with Crippen LogP contribution in [0, 0.1) is 0 Å². The van der Waals surface area contributed by atoms with Crippen LogP contribution in [0.2, 0.25) is 0 Å². The van der Waals surface area contributed by atoms with Gasteiger partial charge in [-0.2, -0.15) is 18.3 Å². The van der Waals surface area contributed by atoms with Crippen molar-refractivity contribution in [2.24, 2.45) is 0 Å². The van der Waals surface area contributed by atoms with Gasteiger partial charge >= 0.3 is 6.18 Å². The molecule has 0 aliphatic heterocycles. The van der Waals surface area contributed by atoms with Gasteiger partial charge in [0.2, 0.25) is 0 Å². The van der Waals surface area contributed by atoms with E-state index in [4.69, 9.17) is 9.47 Å². The van der Waals surface area contributed by atoms with E-state index in [1.165, 1.54) is 25.1 Å². The van der Waals surface area contributed by atoms with Crippen LogP contribution in [-0.2, 0) is 17.5 Å². The molecule has 0 radical (unpaired) electrons. The molecule has 0 saturated carbocycles. The van der Waals surface area contributed by atoms with Gasteiger partial charge < -0.3 is 14.8 Å². The average molecular weight is 420 g/mol.